The lowest BCUT2D eigenvalue weighted by Gasteiger charge is -2.06. The smallest absolute Gasteiger partial charge is 0.166 e. The molecule has 1 nitrogen and oxygen atoms in total. The van der Waals surface area contributed by atoms with Crippen LogP contribution in [-0.4, -0.2) is 0 Å². The highest BCUT2D eigenvalue weighted by molar-refractivity contribution is 6.28. The van der Waals surface area contributed by atoms with Crippen molar-refractivity contribution in [1.29, 1.82) is 0 Å². The van der Waals surface area contributed by atoms with Gasteiger partial charge < -0.3 is 0 Å². The summed E-state index contributed by atoms with van der Waals surface area (Å²) in [6.07, 6.45) is -2.66. The van der Waals surface area contributed by atoms with Gasteiger partial charge in [-0.25, -0.2) is 0 Å². The van der Waals surface area contributed by atoms with E-state index in [1.165, 1.54) is 10.6 Å². The molecule has 94 valence electrons. The quantitative estimate of drug-likeness (QED) is 0.547. The molecule has 1 aromatic carbocycles. The number of hydrogen-bond donors (Lipinski definition) is 0. The highest BCUT2D eigenvalue weighted by Gasteiger charge is 2.31. The van der Waals surface area contributed by atoms with E-state index in [1.807, 2.05) is 6.92 Å². The highest BCUT2D eigenvalue weighted by Crippen LogP contribution is 2.29. The first-order valence-electron chi connectivity index (χ1n) is 5.23. The van der Waals surface area contributed by atoms with Gasteiger partial charge in [-0.15, -0.1) is 0 Å². The summed E-state index contributed by atoms with van der Waals surface area (Å²) in [4.78, 5) is 0. The molecule has 0 aliphatic carbocycles. The Morgan fingerprint density at radius 2 is 1.83 bits per heavy atom. The van der Waals surface area contributed by atoms with Crippen molar-refractivity contribution in [2.45, 2.75) is 13.1 Å². The number of nitrogens with zero attached hydrogens (tertiary/aromatic N) is 1. The molecule has 0 aliphatic rings. The number of hydrogen-bond acceptors (Lipinski definition) is 0. The summed E-state index contributed by atoms with van der Waals surface area (Å²) in [5.41, 5.74) is 0.611. The Morgan fingerprint density at radius 3 is 2.50 bits per heavy atom. The Kier molecular flexibility index (Phi) is 3.30. The third-order valence-corrected chi connectivity index (χ3v) is 2.81. The molecular formula is C13H10ClF3N+. The zero-order valence-corrected chi connectivity index (χ0v) is 10.3. The van der Waals surface area contributed by atoms with Gasteiger partial charge in [0.2, 0.25) is 5.69 Å². The van der Waals surface area contributed by atoms with Gasteiger partial charge in [-0.1, -0.05) is 6.07 Å². The molecule has 0 N–H and O–H groups in total. The van der Waals surface area contributed by atoms with Crippen LogP contribution in [0.25, 0.3) is 5.69 Å². The lowest BCUT2D eigenvalue weighted by atomic mass is 10.2. The first-order valence-corrected chi connectivity index (χ1v) is 5.61. The molecule has 0 amide bonds. The molecule has 0 atom stereocenters. The third kappa shape index (κ3) is 2.64. The number of halogens is 4. The summed E-state index contributed by atoms with van der Waals surface area (Å²) in [5, 5.41) is 0.361. The van der Waals surface area contributed by atoms with Crippen molar-refractivity contribution in [3.05, 3.63) is 58.9 Å². The zero-order valence-electron chi connectivity index (χ0n) is 9.50. The molecule has 0 saturated carbocycles. The average Bonchev–Trinajstić information content (AvgIpc) is 2.31. The van der Waals surface area contributed by atoms with Crippen molar-refractivity contribution in [2.75, 3.05) is 0 Å². The normalized spacial score (nSPS) is 11.6. The van der Waals surface area contributed by atoms with E-state index >= 15 is 0 Å². The van der Waals surface area contributed by atoms with E-state index in [9.17, 15) is 13.2 Å². The fraction of sp³-hybridized carbons (Fsp3) is 0.154. The Morgan fingerprint density at radius 1 is 1.11 bits per heavy atom. The van der Waals surface area contributed by atoms with Gasteiger partial charge in [0, 0.05) is 23.8 Å². The summed E-state index contributed by atoms with van der Waals surface area (Å²) in [6.45, 7) is 1.85. The summed E-state index contributed by atoms with van der Waals surface area (Å²) in [5.74, 6) is 0. The summed E-state index contributed by atoms with van der Waals surface area (Å²) in [7, 11) is 0. The Bertz CT molecular complexity index is 579. The van der Waals surface area contributed by atoms with Gasteiger partial charge in [-0.05, 0) is 30.7 Å². The Balaban J connectivity index is 2.55. The van der Waals surface area contributed by atoms with E-state index < -0.39 is 11.7 Å². The number of pyridine rings is 1. The van der Waals surface area contributed by atoms with E-state index in [0.717, 1.165) is 17.7 Å². The molecule has 1 heterocycles. The van der Waals surface area contributed by atoms with Crippen LogP contribution in [0.15, 0.2) is 42.6 Å². The van der Waals surface area contributed by atoms with E-state index in [1.54, 1.807) is 24.4 Å². The summed E-state index contributed by atoms with van der Waals surface area (Å²) in [6, 6.07) is 8.51. The van der Waals surface area contributed by atoms with E-state index in [4.69, 9.17) is 11.6 Å². The molecule has 2 rings (SSSR count). The predicted molar refractivity (Wildman–Crippen MR) is 62.7 cm³/mol. The van der Waals surface area contributed by atoms with Gasteiger partial charge in [0.15, 0.2) is 6.20 Å². The zero-order chi connectivity index (χ0) is 13.3. The van der Waals surface area contributed by atoms with Crippen LogP contribution in [0.2, 0.25) is 5.15 Å². The topological polar surface area (TPSA) is 3.88 Å². The van der Waals surface area contributed by atoms with Crippen LogP contribution in [0, 0.1) is 6.92 Å². The highest BCUT2D eigenvalue weighted by atomic mass is 35.5. The third-order valence-electron chi connectivity index (χ3n) is 2.50. The minimum atomic E-state index is -4.35. The maximum atomic E-state index is 12.6. The second-order valence-corrected chi connectivity index (χ2v) is 4.33. The lowest BCUT2D eigenvalue weighted by molar-refractivity contribution is -0.593. The SMILES string of the molecule is Cc1ccc(Cl)[n+](-c2cccc(C(F)(F)F)c2)c1. The second-order valence-electron chi connectivity index (χ2n) is 3.95. The van der Waals surface area contributed by atoms with E-state index in [0.29, 0.717) is 10.8 Å². The van der Waals surface area contributed by atoms with Gasteiger partial charge in [0.25, 0.3) is 5.15 Å². The molecule has 0 unspecified atom stereocenters. The Labute approximate surface area is 107 Å². The standard InChI is InChI=1S/C13H10ClF3N/c1-9-5-6-12(14)18(8-9)11-4-2-3-10(7-11)13(15,16)17/h2-8H,1H3/q+1. The molecule has 0 bridgehead atoms. The molecule has 0 radical (unpaired) electrons. The van der Waals surface area contributed by atoms with Crippen molar-refractivity contribution in [3.8, 4) is 5.69 Å². The van der Waals surface area contributed by atoms with Crippen molar-refractivity contribution in [1.82, 2.24) is 0 Å². The molecule has 0 spiro atoms. The number of alkyl halides is 3. The molecule has 2 aromatic rings. The van der Waals surface area contributed by atoms with Gasteiger partial charge >= 0.3 is 6.18 Å². The fourth-order valence-electron chi connectivity index (χ4n) is 1.62. The van der Waals surface area contributed by atoms with Crippen LogP contribution in [0.5, 0.6) is 0 Å². The molecule has 5 heteroatoms. The first kappa shape index (κ1) is 12.9. The number of rotatable bonds is 1. The number of benzene rings is 1. The monoisotopic (exact) mass is 272 g/mol. The maximum absolute atomic E-state index is 12.6. The fourth-order valence-corrected chi connectivity index (χ4v) is 1.83. The number of aromatic nitrogens is 1. The van der Waals surface area contributed by atoms with Crippen molar-refractivity contribution >= 4 is 11.6 Å². The second kappa shape index (κ2) is 4.61. The van der Waals surface area contributed by atoms with Gasteiger partial charge in [0.05, 0.1) is 5.56 Å². The van der Waals surface area contributed by atoms with Gasteiger partial charge in [0.1, 0.15) is 0 Å². The predicted octanol–water partition coefficient (Wildman–Crippen LogP) is 3.94. The van der Waals surface area contributed by atoms with Crippen molar-refractivity contribution < 1.29 is 17.7 Å². The average molecular weight is 273 g/mol. The molecular weight excluding hydrogens is 263 g/mol. The van der Waals surface area contributed by atoms with E-state index in [2.05, 4.69) is 0 Å². The summed E-state index contributed by atoms with van der Waals surface area (Å²) >= 11 is 5.98. The van der Waals surface area contributed by atoms with Crippen molar-refractivity contribution in [3.63, 3.8) is 0 Å². The van der Waals surface area contributed by atoms with Crippen LogP contribution in [-0.2, 0) is 6.18 Å². The van der Waals surface area contributed by atoms with Crippen molar-refractivity contribution in [2.24, 2.45) is 0 Å². The van der Waals surface area contributed by atoms with Crippen LogP contribution in [0.3, 0.4) is 0 Å². The van der Waals surface area contributed by atoms with Crippen LogP contribution in [0.1, 0.15) is 11.1 Å². The van der Waals surface area contributed by atoms with E-state index in [-0.39, 0.29) is 0 Å². The largest absolute Gasteiger partial charge is 0.416 e. The van der Waals surface area contributed by atoms with Gasteiger partial charge in [-0.2, -0.15) is 17.7 Å². The molecule has 0 aliphatic heterocycles. The van der Waals surface area contributed by atoms with Gasteiger partial charge in [-0.3, -0.25) is 0 Å². The summed E-state index contributed by atoms with van der Waals surface area (Å²) < 4.78 is 39.4. The van der Waals surface area contributed by atoms with Crippen LogP contribution in [0.4, 0.5) is 13.2 Å². The molecule has 0 saturated heterocycles. The molecule has 1 aromatic heterocycles. The van der Waals surface area contributed by atoms with Crippen LogP contribution < -0.4 is 4.57 Å². The maximum Gasteiger partial charge on any atom is 0.416 e. The number of aryl methyl sites for hydroxylation is 1. The lowest BCUT2D eigenvalue weighted by Crippen LogP contribution is -2.32. The minimum Gasteiger partial charge on any atom is -0.166 e. The minimum absolute atomic E-state index is 0.361. The molecule has 18 heavy (non-hydrogen) atoms. The van der Waals surface area contributed by atoms with Crippen LogP contribution >= 0.6 is 11.6 Å². The Hall–Kier alpha value is -1.55. The first-order chi connectivity index (χ1) is 8.38. The molecule has 0 fully saturated rings.